The fourth-order valence-corrected chi connectivity index (χ4v) is 3.20. The van der Waals surface area contributed by atoms with Gasteiger partial charge in [0.1, 0.15) is 11.5 Å². The Morgan fingerprint density at radius 2 is 1.35 bits per heavy atom. The van der Waals surface area contributed by atoms with Gasteiger partial charge in [0.05, 0.1) is 13.2 Å². The molecule has 1 aliphatic rings. The molecule has 8 heteroatoms. The van der Waals surface area contributed by atoms with Crippen LogP contribution in [-0.4, -0.2) is 73.5 Å². The molecule has 2 aromatic rings. The topological polar surface area (TPSA) is 88.2 Å². The molecule has 3 rings (SSSR count). The van der Waals surface area contributed by atoms with E-state index < -0.39 is 0 Å². The number of piperazine rings is 1. The molecule has 0 aliphatic carbocycles. The zero-order valence-corrected chi connectivity index (χ0v) is 17.6. The average molecular weight is 425 g/mol. The van der Waals surface area contributed by atoms with Crippen LogP contribution in [0.1, 0.15) is 17.3 Å². The molecule has 0 bridgehead atoms. The van der Waals surface area contributed by atoms with Gasteiger partial charge in [0.15, 0.2) is 6.61 Å². The van der Waals surface area contributed by atoms with Crippen molar-refractivity contribution in [3.63, 3.8) is 0 Å². The smallest absolute Gasteiger partial charge is 0.260 e. The molecule has 1 N–H and O–H groups in total. The van der Waals surface area contributed by atoms with E-state index in [0.717, 1.165) is 5.75 Å². The summed E-state index contributed by atoms with van der Waals surface area (Å²) >= 11 is 0. The van der Waals surface area contributed by atoms with Crippen molar-refractivity contribution in [2.75, 3.05) is 45.9 Å². The van der Waals surface area contributed by atoms with Crippen molar-refractivity contribution in [1.82, 2.24) is 15.1 Å². The van der Waals surface area contributed by atoms with Crippen molar-refractivity contribution in [2.45, 2.75) is 6.92 Å². The lowest BCUT2D eigenvalue weighted by atomic mass is 10.2. The van der Waals surface area contributed by atoms with Crippen LogP contribution in [0.15, 0.2) is 54.6 Å². The molecule has 31 heavy (non-hydrogen) atoms. The van der Waals surface area contributed by atoms with Crippen LogP contribution in [0.5, 0.6) is 11.5 Å². The molecule has 0 unspecified atom stereocenters. The molecule has 164 valence electrons. The monoisotopic (exact) mass is 425 g/mol. The van der Waals surface area contributed by atoms with Crippen molar-refractivity contribution in [3.05, 3.63) is 60.2 Å². The Labute approximate surface area is 181 Å². The molecule has 0 spiro atoms. The molecule has 0 saturated carbocycles. The molecule has 8 nitrogen and oxygen atoms in total. The van der Waals surface area contributed by atoms with Crippen LogP contribution >= 0.6 is 0 Å². The first-order valence-electron chi connectivity index (χ1n) is 10.3. The van der Waals surface area contributed by atoms with Crippen molar-refractivity contribution in [2.24, 2.45) is 0 Å². The van der Waals surface area contributed by atoms with E-state index in [9.17, 15) is 14.4 Å². The van der Waals surface area contributed by atoms with Gasteiger partial charge in [-0.1, -0.05) is 18.2 Å². The molecule has 1 aliphatic heterocycles. The first-order valence-corrected chi connectivity index (χ1v) is 10.3. The van der Waals surface area contributed by atoms with E-state index in [-0.39, 0.29) is 30.9 Å². The van der Waals surface area contributed by atoms with Crippen LogP contribution < -0.4 is 14.8 Å². The van der Waals surface area contributed by atoms with Crippen molar-refractivity contribution in [3.8, 4) is 11.5 Å². The Morgan fingerprint density at radius 3 is 1.94 bits per heavy atom. The first kappa shape index (κ1) is 22.1. The molecule has 1 fully saturated rings. The maximum absolute atomic E-state index is 12.4. The number of hydrogen-bond acceptors (Lipinski definition) is 5. The summed E-state index contributed by atoms with van der Waals surface area (Å²) in [6.45, 7) is 4.10. The highest BCUT2D eigenvalue weighted by Crippen LogP contribution is 2.17. The van der Waals surface area contributed by atoms with Gasteiger partial charge in [0.2, 0.25) is 5.91 Å². The van der Waals surface area contributed by atoms with Crippen molar-refractivity contribution in [1.29, 1.82) is 0 Å². The molecular formula is C23H27N3O5. The third kappa shape index (κ3) is 6.47. The lowest BCUT2D eigenvalue weighted by Gasteiger charge is -2.34. The van der Waals surface area contributed by atoms with E-state index in [4.69, 9.17) is 9.47 Å². The lowest BCUT2D eigenvalue weighted by Crippen LogP contribution is -2.53. The van der Waals surface area contributed by atoms with Crippen LogP contribution in [0.3, 0.4) is 0 Å². The minimum Gasteiger partial charge on any atom is -0.494 e. The SMILES string of the molecule is CCOc1ccc(OCC(=O)N2CCN(C(=O)CNC(=O)c3ccccc3)CC2)cc1. The molecule has 3 amide bonds. The van der Waals surface area contributed by atoms with Gasteiger partial charge in [-0.05, 0) is 43.3 Å². The second kappa shape index (κ2) is 11.0. The van der Waals surface area contributed by atoms with Gasteiger partial charge in [-0.15, -0.1) is 0 Å². The Hall–Kier alpha value is -3.55. The number of amides is 3. The summed E-state index contributed by atoms with van der Waals surface area (Å²) < 4.78 is 10.9. The molecule has 2 aromatic carbocycles. The number of nitrogens with one attached hydrogen (secondary N) is 1. The lowest BCUT2D eigenvalue weighted by molar-refractivity contribution is -0.140. The highest BCUT2D eigenvalue weighted by Gasteiger charge is 2.24. The van der Waals surface area contributed by atoms with Crippen LogP contribution in [-0.2, 0) is 9.59 Å². The maximum Gasteiger partial charge on any atom is 0.260 e. The average Bonchev–Trinajstić information content (AvgIpc) is 2.82. The van der Waals surface area contributed by atoms with E-state index in [1.807, 2.05) is 13.0 Å². The third-order valence-electron chi connectivity index (χ3n) is 4.92. The highest BCUT2D eigenvalue weighted by molar-refractivity contribution is 5.96. The largest absolute Gasteiger partial charge is 0.494 e. The number of carbonyl (C=O) groups excluding carboxylic acids is 3. The van der Waals surface area contributed by atoms with Crippen LogP contribution in [0.2, 0.25) is 0 Å². The molecule has 0 aromatic heterocycles. The Bertz CT molecular complexity index is 878. The summed E-state index contributed by atoms with van der Waals surface area (Å²) in [6.07, 6.45) is 0. The number of benzene rings is 2. The predicted molar refractivity (Wildman–Crippen MR) is 115 cm³/mol. The summed E-state index contributed by atoms with van der Waals surface area (Å²) in [5.41, 5.74) is 0.512. The van der Waals surface area contributed by atoms with E-state index in [1.54, 1.807) is 58.3 Å². The summed E-state index contributed by atoms with van der Waals surface area (Å²) in [7, 11) is 0. The zero-order chi connectivity index (χ0) is 22.1. The second-order valence-corrected chi connectivity index (χ2v) is 7.00. The van der Waals surface area contributed by atoms with Gasteiger partial charge in [0, 0.05) is 31.7 Å². The Morgan fingerprint density at radius 1 is 0.806 bits per heavy atom. The van der Waals surface area contributed by atoms with Gasteiger partial charge >= 0.3 is 0 Å². The van der Waals surface area contributed by atoms with Gasteiger partial charge in [-0.2, -0.15) is 0 Å². The summed E-state index contributed by atoms with van der Waals surface area (Å²) in [5.74, 6) is 0.774. The molecule has 0 radical (unpaired) electrons. The fourth-order valence-electron chi connectivity index (χ4n) is 3.20. The molecule has 1 saturated heterocycles. The maximum atomic E-state index is 12.4. The second-order valence-electron chi connectivity index (χ2n) is 7.00. The fraction of sp³-hybridized carbons (Fsp3) is 0.348. The Balaban J connectivity index is 1.37. The molecule has 0 atom stereocenters. The summed E-state index contributed by atoms with van der Waals surface area (Å²) in [4.78, 5) is 40.2. The van der Waals surface area contributed by atoms with Crippen LogP contribution in [0.4, 0.5) is 0 Å². The normalized spacial score (nSPS) is 13.5. The van der Waals surface area contributed by atoms with Gasteiger partial charge in [0.25, 0.3) is 11.8 Å². The van der Waals surface area contributed by atoms with Crippen molar-refractivity contribution < 1.29 is 23.9 Å². The standard InChI is InChI=1S/C23H27N3O5/c1-2-30-19-8-10-20(11-9-19)31-17-22(28)26-14-12-25(13-15-26)21(27)16-24-23(29)18-6-4-3-5-7-18/h3-11H,2,12-17H2,1H3,(H,24,29). The van der Waals surface area contributed by atoms with Gasteiger partial charge < -0.3 is 24.6 Å². The quantitative estimate of drug-likeness (QED) is 0.694. The zero-order valence-electron chi connectivity index (χ0n) is 17.6. The van der Waals surface area contributed by atoms with E-state index in [1.165, 1.54) is 0 Å². The Kier molecular flexibility index (Phi) is 7.86. The molecule has 1 heterocycles. The van der Waals surface area contributed by atoms with E-state index in [2.05, 4.69) is 5.32 Å². The number of rotatable bonds is 8. The van der Waals surface area contributed by atoms with Crippen LogP contribution in [0.25, 0.3) is 0 Å². The highest BCUT2D eigenvalue weighted by atomic mass is 16.5. The summed E-state index contributed by atoms with van der Waals surface area (Å²) in [5, 5.41) is 2.64. The number of carbonyl (C=O) groups is 3. The predicted octanol–water partition coefficient (Wildman–Crippen LogP) is 1.56. The summed E-state index contributed by atoms with van der Waals surface area (Å²) in [6, 6.07) is 15.9. The molecular weight excluding hydrogens is 398 g/mol. The van der Waals surface area contributed by atoms with Crippen LogP contribution in [0, 0.1) is 0 Å². The van der Waals surface area contributed by atoms with Gasteiger partial charge in [-0.25, -0.2) is 0 Å². The van der Waals surface area contributed by atoms with E-state index >= 15 is 0 Å². The number of hydrogen-bond donors (Lipinski definition) is 1. The minimum atomic E-state index is -0.283. The number of nitrogens with zero attached hydrogens (tertiary/aromatic N) is 2. The minimum absolute atomic E-state index is 0.0605. The first-order chi connectivity index (χ1) is 15.1. The van der Waals surface area contributed by atoms with Gasteiger partial charge in [-0.3, -0.25) is 14.4 Å². The third-order valence-corrected chi connectivity index (χ3v) is 4.92. The van der Waals surface area contributed by atoms with Crippen molar-refractivity contribution >= 4 is 17.7 Å². The van der Waals surface area contributed by atoms with E-state index in [0.29, 0.717) is 44.1 Å². The number of ether oxygens (including phenoxy) is 2.